The summed E-state index contributed by atoms with van der Waals surface area (Å²) >= 11 is 0. The molecule has 9 aromatic rings. The van der Waals surface area contributed by atoms with Crippen LogP contribution in [0.25, 0.3) is 22.3 Å². The number of ketones is 2. The molecule has 0 aliphatic carbocycles. The van der Waals surface area contributed by atoms with Gasteiger partial charge in [-0.25, -0.2) is 29.5 Å². The molecule has 0 spiro atoms. The lowest BCUT2D eigenvalue weighted by molar-refractivity contribution is -0.143. The van der Waals surface area contributed by atoms with Crippen molar-refractivity contribution in [1.82, 2.24) is 58.8 Å². The number of allylic oxidation sites excluding steroid dienone is 1. The zero-order valence-electron chi connectivity index (χ0n) is 52.5. The van der Waals surface area contributed by atoms with Crippen LogP contribution in [0.15, 0.2) is 175 Å². The SMILES string of the molecule is C=C1NC(=O)N(C(C)C)C=C1C.CC(C)n1ccc(CC(=O)c2ccccc2)nc1=O.CC(C)n1cnc2c(CC(=O)c3ccccc3)ncnc21.CC(C)n1cnc2c(OCc3ccc(OC(=O)C(C)(C)C)cc3)nc(NC(=O)Cc3ccccc3)nc21. The van der Waals surface area contributed by atoms with Crippen molar-refractivity contribution in [2.45, 2.75) is 133 Å². The van der Waals surface area contributed by atoms with E-state index in [-0.39, 0.29) is 97.0 Å². The molecule has 89 heavy (non-hydrogen) atoms. The van der Waals surface area contributed by atoms with E-state index >= 15 is 0 Å². The number of fused-ring (bicyclic) bond motifs is 2. The van der Waals surface area contributed by atoms with Gasteiger partial charge in [0.2, 0.25) is 17.7 Å². The van der Waals surface area contributed by atoms with E-state index in [4.69, 9.17) is 9.47 Å². The van der Waals surface area contributed by atoms with Crippen LogP contribution in [0.1, 0.15) is 144 Å². The molecule has 0 radical (unpaired) electrons. The summed E-state index contributed by atoms with van der Waals surface area (Å²) in [6, 6.07) is 37.0. The number of nitrogens with one attached hydrogen (secondary N) is 2. The highest BCUT2D eigenvalue weighted by Gasteiger charge is 2.25. The van der Waals surface area contributed by atoms with Gasteiger partial charge in [-0.1, -0.05) is 110 Å². The Morgan fingerprint density at radius 2 is 1.17 bits per heavy atom. The van der Waals surface area contributed by atoms with Crippen molar-refractivity contribution in [1.29, 1.82) is 0 Å². The lowest BCUT2D eigenvalue weighted by Gasteiger charge is -2.28. The van der Waals surface area contributed by atoms with E-state index in [1.54, 1.807) is 74.9 Å². The zero-order chi connectivity index (χ0) is 64.5. The number of ether oxygens (including phenoxy) is 2. The first-order chi connectivity index (χ1) is 42.4. The summed E-state index contributed by atoms with van der Waals surface area (Å²) in [5, 5.41) is 5.47. The maximum absolute atomic E-state index is 12.6. The number of Topliss-reactive ketones (excluding diaryl/α,β-unsaturated/α-hetero) is 2. The van der Waals surface area contributed by atoms with Gasteiger partial charge in [0.25, 0.3) is 0 Å². The summed E-state index contributed by atoms with van der Waals surface area (Å²) in [7, 11) is 0. The molecule has 0 atom stereocenters. The van der Waals surface area contributed by atoms with Crippen LogP contribution >= 0.6 is 0 Å². The Kier molecular flexibility index (Phi) is 22.6. The fourth-order valence-corrected chi connectivity index (χ4v) is 8.58. The van der Waals surface area contributed by atoms with Crippen LogP contribution in [0, 0.1) is 5.41 Å². The van der Waals surface area contributed by atoms with Gasteiger partial charge in [0, 0.05) is 53.4 Å². The lowest BCUT2D eigenvalue weighted by atomic mass is 9.97. The number of nitrogens with zero attached hydrogens (tertiary/aromatic N) is 11. The average molecular weight is 1200 g/mol. The van der Waals surface area contributed by atoms with E-state index < -0.39 is 5.41 Å². The minimum absolute atomic E-state index is 0.0326. The second-order valence-corrected chi connectivity index (χ2v) is 23.1. The number of urea groups is 1. The Hall–Kier alpha value is -10.3. The molecule has 4 aromatic carbocycles. The van der Waals surface area contributed by atoms with Crippen molar-refractivity contribution in [3.8, 4) is 11.6 Å². The van der Waals surface area contributed by atoms with Gasteiger partial charge in [0.05, 0.1) is 48.7 Å². The number of carbonyl (C=O) groups excluding carboxylic acids is 5. The molecular weight excluding hydrogens is 1130 g/mol. The van der Waals surface area contributed by atoms with Crippen LogP contribution < -0.4 is 25.8 Å². The number of carbonyl (C=O) groups is 5. The molecule has 6 heterocycles. The van der Waals surface area contributed by atoms with Gasteiger partial charge in [-0.2, -0.15) is 15.0 Å². The smallest absolute Gasteiger partial charge is 0.348 e. The normalized spacial score (nSPS) is 12.1. The molecule has 0 fully saturated rings. The monoisotopic (exact) mass is 1200 g/mol. The van der Waals surface area contributed by atoms with Crippen LogP contribution in [-0.4, -0.2) is 89.0 Å². The first-order valence-electron chi connectivity index (χ1n) is 29.3. The Morgan fingerprint density at radius 1 is 0.607 bits per heavy atom. The summed E-state index contributed by atoms with van der Waals surface area (Å²) < 4.78 is 16.9. The van der Waals surface area contributed by atoms with Gasteiger partial charge in [-0.05, 0) is 118 Å². The van der Waals surface area contributed by atoms with E-state index in [0.29, 0.717) is 50.6 Å². The van der Waals surface area contributed by atoms with Crippen molar-refractivity contribution < 1.29 is 33.4 Å². The molecular formula is C68H77N13O8. The van der Waals surface area contributed by atoms with Crippen LogP contribution in [0.3, 0.4) is 0 Å². The van der Waals surface area contributed by atoms with Crippen molar-refractivity contribution >= 4 is 57.8 Å². The number of anilines is 1. The summed E-state index contributed by atoms with van der Waals surface area (Å²) in [6.45, 7) is 27.2. The fraction of sp³-hybridized carbons (Fsp3) is 0.309. The van der Waals surface area contributed by atoms with Gasteiger partial charge in [-0.3, -0.25) is 34.0 Å². The summed E-state index contributed by atoms with van der Waals surface area (Å²) in [6.07, 6.45) is 9.03. The minimum atomic E-state index is -0.590. The standard InChI is InChI=1S/C28H31N5O4.C16H16N4O.C15H16N2O2.C9H14N2O/c1-18(2)33-17-29-23-24(33)31-27(30-22(34)15-19-9-7-6-8-10-19)32-25(23)36-16-20-11-13-21(14-12-20)37-26(35)28(3,4)5;1-11(2)20-10-19-15-13(17-9-18-16(15)20)8-14(21)12-6-4-3-5-7-12;1-11(2)17-9-8-13(16-15(17)19)10-14(18)12-6-4-3-5-7-12;1-6(2)11-5-7(3)8(4)10-9(11)12/h6-14,17-18H,15-16H2,1-5H3,(H,30,31,32,34);3-7,9-11H,8H2,1-2H3;3-9,11H,10H2,1-2H3;5-6H,4H2,1-3H3,(H,10,12). The molecule has 5 aromatic heterocycles. The molecule has 0 saturated carbocycles. The molecule has 3 amide bonds. The summed E-state index contributed by atoms with van der Waals surface area (Å²) in [5.41, 5.74) is 7.59. The summed E-state index contributed by atoms with van der Waals surface area (Å²) in [5.74, 6) is 0.351. The topological polar surface area (TPSA) is 253 Å². The first-order valence-corrected chi connectivity index (χ1v) is 29.3. The highest BCUT2D eigenvalue weighted by atomic mass is 16.5. The molecule has 10 rings (SSSR count). The van der Waals surface area contributed by atoms with Crippen LogP contribution in [0.2, 0.25) is 0 Å². The molecule has 2 N–H and O–H groups in total. The molecule has 1 aliphatic rings. The molecule has 21 nitrogen and oxygen atoms in total. The molecule has 0 saturated heterocycles. The van der Waals surface area contributed by atoms with Crippen molar-refractivity contribution in [2.24, 2.45) is 5.41 Å². The van der Waals surface area contributed by atoms with Crippen molar-refractivity contribution in [2.75, 3.05) is 5.32 Å². The molecule has 21 heteroatoms. The number of imidazole rings is 2. The predicted molar refractivity (Wildman–Crippen MR) is 342 cm³/mol. The molecule has 0 bridgehead atoms. The Labute approximate surface area is 518 Å². The van der Waals surface area contributed by atoms with Crippen LogP contribution in [0.4, 0.5) is 10.7 Å². The number of hydrogen-bond donors (Lipinski definition) is 2. The highest BCUT2D eigenvalue weighted by Crippen LogP contribution is 2.27. The number of aromatic nitrogens is 10. The Morgan fingerprint density at radius 3 is 1.73 bits per heavy atom. The lowest BCUT2D eigenvalue weighted by Crippen LogP contribution is -2.43. The Balaban J connectivity index is 0.000000184. The van der Waals surface area contributed by atoms with E-state index in [9.17, 15) is 28.8 Å². The van der Waals surface area contributed by atoms with E-state index in [0.717, 1.165) is 22.3 Å². The van der Waals surface area contributed by atoms with E-state index in [1.807, 2.05) is 155 Å². The Bertz CT molecular complexity index is 4020. The third kappa shape index (κ3) is 18.4. The largest absolute Gasteiger partial charge is 0.471 e. The number of esters is 1. The molecule has 0 unspecified atom stereocenters. The van der Waals surface area contributed by atoms with E-state index in [1.165, 1.54) is 10.9 Å². The summed E-state index contributed by atoms with van der Waals surface area (Å²) in [4.78, 5) is 104. The quantitative estimate of drug-likeness (QED) is 0.0488. The minimum Gasteiger partial charge on any atom is -0.471 e. The number of hydrogen-bond acceptors (Lipinski definition) is 15. The predicted octanol–water partition coefficient (Wildman–Crippen LogP) is 12.0. The van der Waals surface area contributed by atoms with Crippen molar-refractivity contribution in [3.05, 3.63) is 215 Å². The van der Waals surface area contributed by atoms with Gasteiger partial charge >= 0.3 is 17.7 Å². The zero-order valence-corrected chi connectivity index (χ0v) is 52.5. The number of amides is 3. The van der Waals surface area contributed by atoms with Gasteiger partial charge in [0.1, 0.15) is 24.2 Å². The third-order valence-electron chi connectivity index (χ3n) is 13.7. The maximum Gasteiger partial charge on any atom is 0.348 e. The molecule has 1 aliphatic heterocycles. The second-order valence-electron chi connectivity index (χ2n) is 23.1. The van der Waals surface area contributed by atoms with Gasteiger partial charge < -0.3 is 23.9 Å². The van der Waals surface area contributed by atoms with Gasteiger partial charge in [-0.15, -0.1) is 0 Å². The number of benzene rings is 4. The molecule has 462 valence electrons. The van der Waals surface area contributed by atoms with Crippen molar-refractivity contribution in [3.63, 3.8) is 0 Å². The third-order valence-corrected chi connectivity index (χ3v) is 13.7. The van der Waals surface area contributed by atoms with E-state index in [2.05, 4.69) is 65.9 Å². The van der Waals surface area contributed by atoms with Crippen LogP contribution in [0.5, 0.6) is 11.6 Å². The second kappa shape index (κ2) is 30.4. The first kappa shape index (κ1) is 66.2. The maximum atomic E-state index is 12.6. The van der Waals surface area contributed by atoms with Gasteiger partial charge in [0.15, 0.2) is 28.4 Å². The average Bonchev–Trinajstić information content (AvgIpc) is 1.81. The van der Waals surface area contributed by atoms with Crippen LogP contribution in [-0.2, 0) is 35.5 Å². The fourth-order valence-electron chi connectivity index (χ4n) is 8.58. The number of rotatable bonds is 17. The highest BCUT2D eigenvalue weighted by molar-refractivity contribution is 5.99.